The van der Waals surface area contributed by atoms with Crippen molar-refractivity contribution in [3.05, 3.63) is 0 Å². The van der Waals surface area contributed by atoms with Gasteiger partial charge in [0.25, 0.3) is 0 Å². The van der Waals surface area contributed by atoms with Crippen LogP contribution < -0.4 is 18.9 Å². The van der Waals surface area contributed by atoms with E-state index in [0.29, 0.717) is 0 Å². The molecule has 38 valence electrons. The van der Waals surface area contributed by atoms with Crippen molar-refractivity contribution < 1.29 is 35.9 Å². The summed E-state index contributed by atoms with van der Waals surface area (Å²) >= 11 is 0. The summed E-state index contributed by atoms with van der Waals surface area (Å²) in [4.78, 5) is 0. The van der Waals surface area contributed by atoms with E-state index in [1.165, 1.54) is 0 Å². The van der Waals surface area contributed by atoms with Crippen LogP contribution in [0.5, 0.6) is 0 Å². The van der Waals surface area contributed by atoms with Crippen LogP contribution in [0.4, 0.5) is 4.39 Å². The number of alkyl halides is 1. The van der Waals surface area contributed by atoms with Crippen molar-refractivity contribution in [2.45, 2.75) is 0 Å². The average molecular weight is 120 g/mol. The topological polar surface area (TPSA) is 43.4 Å². The third-order valence-corrected chi connectivity index (χ3v) is 0.422. The van der Waals surface area contributed by atoms with E-state index in [1.807, 2.05) is 0 Å². The van der Waals surface area contributed by atoms with Crippen molar-refractivity contribution in [2.75, 3.05) is 6.86 Å². The van der Waals surface area contributed by atoms with Crippen LogP contribution >= 0.6 is 0 Å². The molecule has 7 heavy (non-hydrogen) atoms. The van der Waals surface area contributed by atoms with E-state index < -0.39 is 17.8 Å². The predicted octanol–water partition coefficient (Wildman–Crippen LogP) is -2.84. The SMILES string of the molecule is O=[S-](=O)OCF.[Li+]. The molecule has 0 saturated carbocycles. The number of rotatable bonds is 2. The van der Waals surface area contributed by atoms with Crippen molar-refractivity contribution in [3.63, 3.8) is 0 Å². The summed E-state index contributed by atoms with van der Waals surface area (Å²) in [6.45, 7) is -1.28. The van der Waals surface area contributed by atoms with E-state index in [-0.39, 0.29) is 18.9 Å². The Kier molecular flexibility index (Phi) is 9.59. The maximum Gasteiger partial charge on any atom is 1.00 e. The minimum atomic E-state index is -2.69. The molecule has 0 aromatic heterocycles. The van der Waals surface area contributed by atoms with Crippen molar-refractivity contribution in [1.82, 2.24) is 0 Å². The van der Waals surface area contributed by atoms with Crippen LogP contribution in [0.1, 0.15) is 0 Å². The zero-order valence-electron chi connectivity index (χ0n) is 3.72. The van der Waals surface area contributed by atoms with Crippen LogP contribution in [0, 0.1) is 0 Å². The van der Waals surface area contributed by atoms with E-state index in [9.17, 15) is 4.39 Å². The summed E-state index contributed by atoms with van der Waals surface area (Å²) in [5.41, 5.74) is 0. The largest absolute Gasteiger partial charge is 1.00 e. The minimum absolute atomic E-state index is 0. The van der Waals surface area contributed by atoms with Gasteiger partial charge in [-0.05, 0) is 0 Å². The Balaban J connectivity index is 0. The van der Waals surface area contributed by atoms with E-state index in [1.54, 1.807) is 0 Å². The maximum atomic E-state index is 10.6. The molecular formula is CH2FLiO3S. The van der Waals surface area contributed by atoms with Crippen molar-refractivity contribution >= 4 is 11.0 Å². The van der Waals surface area contributed by atoms with Crippen LogP contribution in [0.2, 0.25) is 0 Å². The second kappa shape index (κ2) is 6.44. The third-order valence-electron chi connectivity index (χ3n) is 0.141. The van der Waals surface area contributed by atoms with Gasteiger partial charge < -0.3 is 12.6 Å². The molecule has 0 aliphatic carbocycles. The van der Waals surface area contributed by atoms with Gasteiger partial charge in [-0.25, -0.2) is 4.39 Å². The van der Waals surface area contributed by atoms with E-state index in [0.717, 1.165) is 0 Å². The van der Waals surface area contributed by atoms with Gasteiger partial charge in [0.15, 0.2) is 6.86 Å². The fraction of sp³-hybridized carbons (Fsp3) is 1.00. The molecule has 0 amide bonds. The van der Waals surface area contributed by atoms with Crippen LogP contribution in [0.3, 0.4) is 0 Å². The Hall–Kier alpha value is 0.437. The molecule has 0 unspecified atom stereocenters. The van der Waals surface area contributed by atoms with Gasteiger partial charge in [-0.15, -0.1) is 0 Å². The summed E-state index contributed by atoms with van der Waals surface area (Å²) in [7, 11) is -2.69. The molecule has 0 bridgehead atoms. The Bertz CT molecular complexity index is 82.9. The van der Waals surface area contributed by atoms with Gasteiger partial charge in [0.05, 0.1) is 11.0 Å². The average Bonchev–Trinajstić information content (AvgIpc) is 1.35. The second-order valence-corrected chi connectivity index (χ2v) is 1.08. The molecule has 0 aromatic carbocycles. The second-order valence-electron chi connectivity index (χ2n) is 0.431. The third kappa shape index (κ3) is 10.7. The molecule has 0 saturated heterocycles. The molecule has 0 aliphatic rings. The number of hydrogen-bond donors (Lipinski definition) is 0. The predicted molar refractivity (Wildman–Crippen MR) is 15.8 cm³/mol. The molecule has 0 rings (SSSR count). The first-order valence-electron chi connectivity index (χ1n) is 1.06. The summed E-state index contributed by atoms with van der Waals surface area (Å²) in [6, 6.07) is 0. The molecule has 0 aromatic rings. The Morgan fingerprint density at radius 1 is 1.57 bits per heavy atom. The van der Waals surface area contributed by atoms with Gasteiger partial charge in [0.1, 0.15) is 0 Å². The van der Waals surface area contributed by atoms with Crippen LogP contribution in [-0.2, 0) is 23.6 Å². The van der Waals surface area contributed by atoms with E-state index in [4.69, 9.17) is 8.42 Å². The molecule has 0 atom stereocenters. The van der Waals surface area contributed by atoms with Crippen molar-refractivity contribution in [3.8, 4) is 0 Å². The first-order chi connectivity index (χ1) is 2.77. The normalized spacial score (nSPS) is 8.29. The smallest absolute Gasteiger partial charge is 0.398 e. The van der Waals surface area contributed by atoms with E-state index in [2.05, 4.69) is 4.18 Å². The quantitative estimate of drug-likeness (QED) is 0.291. The maximum absolute atomic E-state index is 10.6. The van der Waals surface area contributed by atoms with Gasteiger partial charge in [-0.2, -0.15) is 0 Å². The van der Waals surface area contributed by atoms with Gasteiger partial charge in [-0.1, -0.05) is 0 Å². The van der Waals surface area contributed by atoms with E-state index >= 15 is 0 Å². The van der Waals surface area contributed by atoms with Crippen molar-refractivity contribution in [1.29, 1.82) is 0 Å². The monoisotopic (exact) mass is 120 g/mol. The zero-order chi connectivity index (χ0) is 4.99. The van der Waals surface area contributed by atoms with Crippen LogP contribution in [0.25, 0.3) is 0 Å². The minimum Gasteiger partial charge on any atom is -0.398 e. The summed E-state index contributed by atoms with van der Waals surface area (Å²) in [6.07, 6.45) is 0. The van der Waals surface area contributed by atoms with Crippen LogP contribution in [0.15, 0.2) is 0 Å². The van der Waals surface area contributed by atoms with Gasteiger partial charge >= 0.3 is 18.9 Å². The first-order valence-corrected chi connectivity index (χ1v) is 2.06. The standard InChI is InChI=1S/CH2FO3S.Li/c2-1-5-6(3)4;/h1H2;/q-1;+1. The van der Waals surface area contributed by atoms with Gasteiger partial charge in [0.2, 0.25) is 0 Å². The van der Waals surface area contributed by atoms with Crippen LogP contribution in [-0.4, -0.2) is 6.86 Å². The Labute approximate surface area is 54.2 Å². The van der Waals surface area contributed by atoms with Gasteiger partial charge in [-0.3, -0.25) is 0 Å². The molecule has 0 spiro atoms. The molecule has 0 aliphatic heterocycles. The fourth-order valence-corrected chi connectivity index (χ4v) is 0.109. The zero-order valence-corrected chi connectivity index (χ0v) is 4.53. The molecule has 0 fully saturated rings. The Morgan fingerprint density at radius 3 is 2.00 bits per heavy atom. The fourth-order valence-electron chi connectivity index (χ4n) is 0.0364. The van der Waals surface area contributed by atoms with Crippen molar-refractivity contribution in [2.24, 2.45) is 0 Å². The van der Waals surface area contributed by atoms with Gasteiger partial charge in [0, 0.05) is 0 Å². The molecule has 0 radical (unpaired) electrons. The Morgan fingerprint density at radius 2 is 2.00 bits per heavy atom. The first kappa shape index (κ1) is 10.4. The molecule has 0 heterocycles. The molecule has 3 nitrogen and oxygen atoms in total. The molecule has 6 heteroatoms. The molecule has 0 N–H and O–H groups in total. The number of halogens is 1. The number of hydrogen-bond acceptors (Lipinski definition) is 4. The summed E-state index contributed by atoms with van der Waals surface area (Å²) < 4.78 is 32.2. The summed E-state index contributed by atoms with van der Waals surface area (Å²) in [5.74, 6) is 0. The molecular weight excluding hydrogens is 118 g/mol. The summed E-state index contributed by atoms with van der Waals surface area (Å²) in [5, 5.41) is 0.